The number of nitro groups is 1. The molecule has 1 aromatic carbocycles. The maximum absolute atomic E-state index is 13.4. The van der Waals surface area contributed by atoms with E-state index in [9.17, 15) is 22.9 Å². The third kappa shape index (κ3) is 4.73. The van der Waals surface area contributed by atoms with Gasteiger partial charge in [0.25, 0.3) is 0 Å². The lowest BCUT2D eigenvalue weighted by Gasteiger charge is -2.11. The van der Waals surface area contributed by atoms with Crippen LogP contribution < -0.4 is 4.72 Å². The number of halogens is 1. The van der Waals surface area contributed by atoms with Crippen LogP contribution in [0.5, 0.6) is 0 Å². The van der Waals surface area contributed by atoms with Gasteiger partial charge in [0.2, 0.25) is 15.8 Å². The van der Waals surface area contributed by atoms with E-state index in [0.29, 0.717) is 13.0 Å². The first-order valence-corrected chi connectivity index (χ1v) is 7.72. The second-order valence-corrected chi connectivity index (χ2v) is 6.62. The molecule has 0 saturated carbocycles. The number of nitrogens with zero attached hydrogens (tertiary/aromatic N) is 2. The molecule has 0 fully saturated rings. The summed E-state index contributed by atoms with van der Waals surface area (Å²) in [5.74, 6) is -1.05. The molecular weight excluding hydrogens is 301 g/mol. The van der Waals surface area contributed by atoms with Gasteiger partial charge in [0.1, 0.15) is 0 Å². The van der Waals surface area contributed by atoms with E-state index in [0.717, 1.165) is 12.1 Å². The largest absolute Gasteiger partial charge is 0.309 e. The van der Waals surface area contributed by atoms with Crippen LogP contribution in [0.25, 0.3) is 0 Å². The van der Waals surface area contributed by atoms with Gasteiger partial charge in [0, 0.05) is 12.6 Å². The number of rotatable bonds is 7. The predicted molar refractivity (Wildman–Crippen MR) is 76.2 cm³/mol. The zero-order chi connectivity index (χ0) is 16.2. The molecule has 0 unspecified atom stereocenters. The van der Waals surface area contributed by atoms with E-state index in [2.05, 4.69) is 4.72 Å². The van der Waals surface area contributed by atoms with E-state index >= 15 is 0 Å². The van der Waals surface area contributed by atoms with Gasteiger partial charge in [-0.05, 0) is 45.6 Å². The van der Waals surface area contributed by atoms with Crippen LogP contribution >= 0.6 is 0 Å². The van der Waals surface area contributed by atoms with Crippen molar-refractivity contribution in [2.24, 2.45) is 0 Å². The molecule has 0 saturated heterocycles. The van der Waals surface area contributed by atoms with Crippen molar-refractivity contribution < 1.29 is 17.7 Å². The summed E-state index contributed by atoms with van der Waals surface area (Å²) in [6, 6.07) is 1.60. The number of hydrogen-bond donors (Lipinski definition) is 1. The summed E-state index contributed by atoms with van der Waals surface area (Å²) in [4.78, 5) is 11.4. The van der Waals surface area contributed by atoms with E-state index in [-0.39, 0.29) is 17.0 Å². The highest BCUT2D eigenvalue weighted by Gasteiger charge is 2.23. The van der Waals surface area contributed by atoms with E-state index in [4.69, 9.17) is 0 Å². The lowest BCUT2D eigenvalue weighted by molar-refractivity contribution is -0.387. The number of sulfonamides is 1. The molecule has 7 nitrogen and oxygen atoms in total. The number of nitrogens with one attached hydrogen (secondary N) is 1. The molecule has 0 radical (unpaired) electrons. The van der Waals surface area contributed by atoms with Gasteiger partial charge in [-0.25, -0.2) is 13.1 Å². The smallest absolute Gasteiger partial charge is 0.306 e. The maximum Gasteiger partial charge on any atom is 0.306 e. The lowest BCUT2D eigenvalue weighted by Crippen LogP contribution is -2.28. The highest BCUT2D eigenvalue weighted by atomic mass is 32.2. The first-order valence-electron chi connectivity index (χ1n) is 6.24. The van der Waals surface area contributed by atoms with Gasteiger partial charge in [0.15, 0.2) is 0 Å². The highest BCUT2D eigenvalue weighted by Crippen LogP contribution is 2.25. The van der Waals surface area contributed by atoms with Crippen molar-refractivity contribution in [3.8, 4) is 0 Å². The molecule has 21 heavy (non-hydrogen) atoms. The van der Waals surface area contributed by atoms with E-state index in [1.807, 2.05) is 19.0 Å². The average Bonchev–Trinajstić information content (AvgIpc) is 2.33. The van der Waals surface area contributed by atoms with Gasteiger partial charge in [0.05, 0.1) is 9.82 Å². The van der Waals surface area contributed by atoms with Crippen LogP contribution in [0.4, 0.5) is 10.1 Å². The molecule has 118 valence electrons. The fraction of sp³-hybridized carbons (Fsp3) is 0.500. The topological polar surface area (TPSA) is 92.5 Å². The Bertz CT molecular complexity index is 632. The van der Waals surface area contributed by atoms with Crippen LogP contribution in [0.1, 0.15) is 12.0 Å². The van der Waals surface area contributed by atoms with E-state index in [1.165, 1.54) is 6.92 Å². The Morgan fingerprint density at radius 3 is 2.52 bits per heavy atom. The first-order chi connectivity index (χ1) is 9.65. The number of benzene rings is 1. The van der Waals surface area contributed by atoms with E-state index < -0.39 is 26.5 Å². The third-order valence-electron chi connectivity index (χ3n) is 2.80. The van der Waals surface area contributed by atoms with Crippen LogP contribution in [0, 0.1) is 22.9 Å². The van der Waals surface area contributed by atoms with Crippen LogP contribution in [-0.2, 0) is 10.0 Å². The molecular formula is C12H18FN3O4S. The molecule has 0 aliphatic rings. The Morgan fingerprint density at radius 1 is 1.38 bits per heavy atom. The number of aryl methyl sites for hydroxylation is 1. The summed E-state index contributed by atoms with van der Waals surface area (Å²) < 4.78 is 40.0. The van der Waals surface area contributed by atoms with Crippen LogP contribution in [-0.4, -0.2) is 45.4 Å². The molecule has 0 aliphatic heterocycles. The Kier molecular flexibility index (Phi) is 5.76. The van der Waals surface area contributed by atoms with Gasteiger partial charge in [-0.3, -0.25) is 10.1 Å². The monoisotopic (exact) mass is 319 g/mol. The summed E-state index contributed by atoms with van der Waals surface area (Å²) in [5.41, 5.74) is -0.729. The van der Waals surface area contributed by atoms with Crippen molar-refractivity contribution >= 4 is 15.7 Å². The van der Waals surface area contributed by atoms with Crippen molar-refractivity contribution in [3.05, 3.63) is 33.6 Å². The molecule has 0 amide bonds. The van der Waals surface area contributed by atoms with E-state index in [1.54, 1.807) is 0 Å². The molecule has 0 spiro atoms. The Balaban J connectivity index is 2.97. The van der Waals surface area contributed by atoms with Crippen LogP contribution in [0.3, 0.4) is 0 Å². The van der Waals surface area contributed by atoms with Crippen molar-refractivity contribution in [2.45, 2.75) is 18.2 Å². The summed E-state index contributed by atoms with van der Waals surface area (Å²) >= 11 is 0. The third-order valence-corrected chi connectivity index (χ3v) is 4.41. The number of nitro benzene ring substituents is 1. The quantitative estimate of drug-likeness (QED) is 0.464. The molecule has 0 heterocycles. The van der Waals surface area contributed by atoms with Crippen molar-refractivity contribution in [2.75, 3.05) is 27.2 Å². The molecule has 1 rings (SSSR count). The minimum Gasteiger partial charge on any atom is -0.309 e. The maximum atomic E-state index is 13.4. The standard InChI is InChI=1S/C12H18FN3O4S/c1-9-7-10(13)11(16(17)18)8-12(9)21(19,20)14-5-4-6-15(2)3/h7-8,14H,4-6H2,1-3H3. The van der Waals surface area contributed by atoms with Crippen LogP contribution in [0.2, 0.25) is 0 Å². The summed E-state index contributed by atoms with van der Waals surface area (Å²) in [5, 5.41) is 10.7. The fourth-order valence-electron chi connectivity index (χ4n) is 1.75. The Morgan fingerprint density at radius 2 is 2.00 bits per heavy atom. The Labute approximate surface area is 123 Å². The zero-order valence-corrected chi connectivity index (χ0v) is 12.9. The summed E-state index contributed by atoms with van der Waals surface area (Å²) in [6.45, 7) is 2.29. The average molecular weight is 319 g/mol. The molecule has 0 aromatic heterocycles. The van der Waals surface area contributed by atoms with Gasteiger partial charge in [-0.15, -0.1) is 0 Å². The number of hydrogen-bond acceptors (Lipinski definition) is 5. The van der Waals surface area contributed by atoms with Crippen molar-refractivity contribution in [1.82, 2.24) is 9.62 Å². The Hall–Kier alpha value is -1.58. The minimum absolute atomic E-state index is 0.123. The summed E-state index contributed by atoms with van der Waals surface area (Å²) in [7, 11) is -0.175. The summed E-state index contributed by atoms with van der Waals surface area (Å²) in [6.07, 6.45) is 0.592. The van der Waals surface area contributed by atoms with Crippen molar-refractivity contribution in [1.29, 1.82) is 0 Å². The lowest BCUT2D eigenvalue weighted by atomic mass is 10.2. The highest BCUT2D eigenvalue weighted by molar-refractivity contribution is 7.89. The minimum atomic E-state index is -3.90. The van der Waals surface area contributed by atoms with Crippen molar-refractivity contribution in [3.63, 3.8) is 0 Å². The van der Waals surface area contributed by atoms with Gasteiger partial charge >= 0.3 is 5.69 Å². The first kappa shape index (κ1) is 17.5. The molecule has 1 aromatic rings. The van der Waals surface area contributed by atoms with Gasteiger partial charge in [-0.2, -0.15) is 4.39 Å². The van der Waals surface area contributed by atoms with Gasteiger partial charge < -0.3 is 4.90 Å². The molecule has 0 aliphatic carbocycles. The predicted octanol–water partition coefficient (Wildman–Crippen LogP) is 1.27. The zero-order valence-electron chi connectivity index (χ0n) is 12.1. The second kappa shape index (κ2) is 6.92. The SMILES string of the molecule is Cc1cc(F)c([N+](=O)[O-])cc1S(=O)(=O)NCCCN(C)C. The molecule has 0 bridgehead atoms. The molecule has 0 atom stereocenters. The fourth-order valence-corrected chi connectivity index (χ4v) is 3.07. The second-order valence-electron chi connectivity index (χ2n) is 4.88. The molecule has 9 heteroatoms. The van der Waals surface area contributed by atoms with Crippen LogP contribution in [0.15, 0.2) is 17.0 Å². The molecule has 1 N–H and O–H groups in total. The normalized spacial score (nSPS) is 11.9. The van der Waals surface area contributed by atoms with Gasteiger partial charge in [-0.1, -0.05) is 0 Å².